The van der Waals surface area contributed by atoms with Gasteiger partial charge in [-0.3, -0.25) is 4.79 Å². The number of aromatic nitrogens is 1. The van der Waals surface area contributed by atoms with E-state index in [0.717, 1.165) is 28.4 Å². The fourth-order valence-corrected chi connectivity index (χ4v) is 3.67. The Kier molecular flexibility index (Phi) is 4.07. The lowest BCUT2D eigenvalue weighted by molar-refractivity contribution is 0.100. The van der Waals surface area contributed by atoms with Crippen molar-refractivity contribution in [1.82, 2.24) is 9.88 Å². The molecule has 2 N–H and O–H groups in total. The fourth-order valence-electron chi connectivity index (χ4n) is 2.69. The maximum atomic E-state index is 11.5. The Hall–Kier alpha value is -1.66. The molecule has 0 spiro atoms. The number of likely N-dealkylation sites (N-methyl/N-ethyl adjacent to an activating group) is 1. The summed E-state index contributed by atoms with van der Waals surface area (Å²) in [6, 6.07) is 5.57. The minimum atomic E-state index is -0.419. The fraction of sp³-hybridized carbons (Fsp3) is 0.467. The summed E-state index contributed by atoms with van der Waals surface area (Å²) < 4.78 is 1.01. The molecule has 2 heterocycles. The van der Waals surface area contributed by atoms with Gasteiger partial charge in [-0.05, 0) is 38.1 Å². The van der Waals surface area contributed by atoms with Gasteiger partial charge in [-0.1, -0.05) is 17.4 Å². The Morgan fingerprint density at radius 2 is 2.19 bits per heavy atom. The SMILES string of the molecule is CN(CCN1CCCC1)c1nc2c(C(N)=O)cccc2s1. The molecule has 112 valence electrons. The summed E-state index contributed by atoms with van der Waals surface area (Å²) in [6.45, 7) is 4.43. The third-order valence-electron chi connectivity index (χ3n) is 3.95. The minimum Gasteiger partial charge on any atom is -0.366 e. The van der Waals surface area contributed by atoms with Crippen LogP contribution in [0.1, 0.15) is 23.2 Å². The first-order chi connectivity index (χ1) is 10.1. The van der Waals surface area contributed by atoms with Crippen molar-refractivity contribution in [3.63, 3.8) is 0 Å². The van der Waals surface area contributed by atoms with E-state index in [1.54, 1.807) is 17.4 Å². The summed E-state index contributed by atoms with van der Waals surface area (Å²) >= 11 is 1.61. The topological polar surface area (TPSA) is 62.5 Å². The van der Waals surface area contributed by atoms with Gasteiger partial charge in [0.1, 0.15) is 0 Å². The van der Waals surface area contributed by atoms with Crippen LogP contribution >= 0.6 is 11.3 Å². The molecule has 2 aromatic rings. The number of benzene rings is 1. The average molecular weight is 304 g/mol. The predicted molar refractivity (Wildman–Crippen MR) is 87.1 cm³/mol. The monoisotopic (exact) mass is 304 g/mol. The van der Waals surface area contributed by atoms with Crippen LogP contribution in [0.3, 0.4) is 0 Å². The standard InChI is InChI=1S/C15H20N4OS/c1-18(9-10-19-7-2-3-8-19)15-17-13-11(14(16)20)5-4-6-12(13)21-15/h4-6H,2-3,7-10H2,1H3,(H2,16,20). The molecule has 1 fully saturated rings. The van der Waals surface area contributed by atoms with Crippen LogP contribution in [0, 0.1) is 0 Å². The zero-order valence-electron chi connectivity index (χ0n) is 12.2. The number of fused-ring (bicyclic) bond motifs is 1. The van der Waals surface area contributed by atoms with Crippen LogP contribution in [0.2, 0.25) is 0 Å². The number of likely N-dealkylation sites (tertiary alicyclic amines) is 1. The third-order valence-corrected chi connectivity index (χ3v) is 5.08. The number of carbonyl (C=O) groups is 1. The number of hydrogen-bond donors (Lipinski definition) is 1. The van der Waals surface area contributed by atoms with Gasteiger partial charge in [0.15, 0.2) is 5.13 Å². The van der Waals surface area contributed by atoms with Gasteiger partial charge in [-0.25, -0.2) is 4.98 Å². The molecule has 1 aliphatic rings. The number of primary amides is 1. The number of nitrogens with two attached hydrogens (primary N) is 1. The van der Waals surface area contributed by atoms with Crippen LogP contribution < -0.4 is 10.6 Å². The summed E-state index contributed by atoms with van der Waals surface area (Å²) in [7, 11) is 2.05. The molecular formula is C15H20N4OS. The highest BCUT2D eigenvalue weighted by Gasteiger charge is 2.16. The van der Waals surface area contributed by atoms with Gasteiger partial charge < -0.3 is 15.5 Å². The molecular weight excluding hydrogens is 284 g/mol. The second-order valence-electron chi connectivity index (χ2n) is 5.48. The van der Waals surface area contributed by atoms with E-state index in [0.29, 0.717) is 5.56 Å². The maximum absolute atomic E-state index is 11.5. The first-order valence-electron chi connectivity index (χ1n) is 7.28. The van der Waals surface area contributed by atoms with E-state index < -0.39 is 5.91 Å². The highest BCUT2D eigenvalue weighted by Crippen LogP contribution is 2.30. The Morgan fingerprint density at radius 3 is 2.90 bits per heavy atom. The van der Waals surface area contributed by atoms with Gasteiger partial charge in [0.05, 0.1) is 15.8 Å². The summed E-state index contributed by atoms with van der Waals surface area (Å²) in [5.74, 6) is -0.419. The van der Waals surface area contributed by atoms with Gasteiger partial charge in [-0.2, -0.15) is 0 Å². The van der Waals surface area contributed by atoms with Crippen LogP contribution in [0.15, 0.2) is 18.2 Å². The van der Waals surface area contributed by atoms with Crippen molar-refractivity contribution in [2.75, 3.05) is 38.1 Å². The van der Waals surface area contributed by atoms with Crippen molar-refractivity contribution >= 4 is 32.6 Å². The summed E-state index contributed by atoms with van der Waals surface area (Å²) in [5.41, 5.74) is 6.64. The zero-order chi connectivity index (χ0) is 14.8. The Balaban J connectivity index is 1.76. The lowest BCUT2D eigenvalue weighted by Gasteiger charge is -2.20. The van der Waals surface area contributed by atoms with Gasteiger partial charge in [0.25, 0.3) is 5.91 Å². The number of thiazole rings is 1. The second kappa shape index (κ2) is 5.99. The molecule has 5 nitrogen and oxygen atoms in total. The van der Waals surface area contributed by atoms with Gasteiger partial charge in [0.2, 0.25) is 0 Å². The number of carbonyl (C=O) groups excluding carboxylic acids is 1. The predicted octanol–water partition coefficient (Wildman–Crippen LogP) is 1.93. The number of anilines is 1. The van der Waals surface area contributed by atoms with E-state index in [1.165, 1.54) is 25.9 Å². The molecule has 0 unspecified atom stereocenters. The smallest absolute Gasteiger partial charge is 0.250 e. The molecule has 6 heteroatoms. The molecule has 0 aliphatic carbocycles. The molecule has 1 saturated heterocycles. The number of hydrogen-bond acceptors (Lipinski definition) is 5. The van der Waals surface area contributed by atoms with Crippen LogP contribution in [0.5, 0.6) is 0 Å². The van der Waals surface area contributed by atoms with E-state index in [2.05, 4.69) is 21.8 Å². The van der Waals surface area contributed by atoms with Crippen LogP contribution in [-0.4, -0.2) is 49.0 Å². The highest BCUT2D eigenvalue weighted by atomic mass is 32.1. The van der Waals surface area contributed by atoms with E-state index >= 15 is 0 Å². The molecule has 0 saturated carbocycles. The quantitative estimate of drug-likeness (QED) is 0.917. The average Bonchev–Trinajstić information content (AvgIpc) is 3.12. The maximum Gasteiger partial charge on any atom is 0.250 e. The number of amides is 1. The van der Waals surface area contributed by atoms with Gasteiger partial charge >= 0.3 is 0 Å². The molecule has 0 radical (unpaired) electrons. The molecule has 1 aliphatic heterocycles. The van der Waals surface area contributed by atoms with Crippen molar-refractivity contribution in [2.45, 2.75) is 12.8 Å². The normalized spacial score (nSPS) is 15.7. The number of nitrogens with zero attached hydrogens (tertiary/aromatic N) is 3. The highest BCUT2D eigenvalue weighted by molar-refractivity contribution is 7.22. The van der Waals surface area contributed by atoms with E-state index in [1.807, 2.05) is 12.1 Å². The molecule has 1 aromatic carbocycles. The number of para-hydroxylation sites is 1. The van der Waals surface area contributed by atoms with Crippen LogP contribution in [0.4, 0.5) is 5.13 Å². The van der Waals surface area contributed by atoms with Crippen molar-refractivity contribution in [2.24, 2.45) is 5.73 Å². The lowest BCUT2D eigenvalue weighted by atomic mass is 10.2. The molecule has 3 rings (SSSR count). The number of rotatable bonds is 5. The largest absolute Gasteiger partial charge is 0.366 e. The van der Waals surface area contributed by atoms with Crippen molar-refractivity contribution in [3.05, 3.63) is 23.8 Å². The van der Waals surface area contributed by atoms with Crippen molar-refractivity contribution in [3.8, 4) is 0 Å². The zero-order valence-corrected chi connectivity index (χ0v) is 13.0. The Morgan fingerprint density at radius 1 is 1.43 bits per heavy atom. The summed E-state index contributed by atoms with van der Waals surface area (Å²) in [4.78, 5) is 20.7. The molecule has 21 heavy (non-hydrogen) atoms. The molecule has 1 amide bonds. The van der Waals surface area contributed by atoms with Crippen LogP contribution in [-0.2, 0) is 0 Å². The van der Waals surface area contributed by atoms with Gasteiger partial charge in [0, 0.05) is 20.1 Å². The third kappa shape index (κ3) is 3.01. The Labute approximate surface area is 128 Å². The lowest BCUT2D eigenvalue weighted by Crippen LogP contribution is -2.31. The first kappa shape index (κ1) is 14.3. The van der Waals surface area contributed by atoms with E-state index in [-0.39, 0.29) is 0 Å². The second-order valence-corrected chi connectivity index (χ2v) is 6.49. The van der Waals surface area contributed by atoms with E-state index in [4.69, 9.17) is 5.73 Å². The molecule has 0 bridgehead atoms. The van der Waals surface area contributed by atoms with Gasteiger partial charge in [-0.15, -0.1) is 0 Å². The Bertz CT molecular complexity index is 648. The summed E-state index contributed by atoms with van der Waals surface area (Å²) in [5, 5.41) is 0.942. The molecule has 1 aromatic heterocycles. The first-order valence-corrected chi connectivity index (χ1v) is 8.09. The van der Waals surface area contributed by atoms with E-state index in [9.17, 15) is 4.79 Å². The van der Waals surface area contributed by atoms with Crippen LogP contribution in [0.25, 0.3) is 10.2 Å². The van der Waals surface area contributed by atoms with Crippen molar-refractivity contribution < 1.29 is 4.79 Å². The molecule has 0 atom stereocenters. The minimum absolute atomic E-state index is 0.419. The van der Waals surface area contributed by atoms with Crippen molar-refractivity contribution in [1.29, 1.82) is 0 Å². The summed E-state index contributed by atoms with van der Waals surface area (Å²) in [6.07, 6.45) is 2.62.